The quantitative estimate of drug-likeness (QED) is 0.527. The van der Waals surface area contributed by atoms with Crippen molar-refractivity contribution in [1.82, 2.24) is 10.6 Å². The zero-order valence-corrected chi connectivity index (χ0v) is 17.1. The van der Waals surface area contributed by atoms with Crippen LogP contribution in [0.15, 0.2) is 39.1 Å². The average molecular weight is 448 g/mol. The van der Waals surface area contributed by atoms with Gasteiger partial charge < -0.3 is 10.6 Å². The summed E-state index contributed by atoms with van der Waals surface area (Å²) in [5.74, 6) is 0.0269. The van der Waals surface area contributed by atoms with Gasteiger partial charge in [-0.25, -0.2) is 12.8 Å². The highest BCUT2D eigenvalue weighted by atomic mass is 79.9. The van der Waals surface area contributed by atoms with Crippen LogP contribution in [0.4, 0.5) is 4.39 Å². The molecule has 0 spiro atoms. The van der Waals surface area contributed by atoms with Gasteiger partial charge in [0.05, 0.1) is 12.3 Å². The van der Waals surface area contributed by atoms with Crippen LogP contribution in [0.1, 0.15) is 16.0 Å². The number of guanidine groups is 1. The fourth-order valence-corrected chi connectivity index (χ4v) is 4.44. The van der Waals surface area contributed by atoms with E-state index in [0.29, 0.717) is 23.6 Å². The van der Waals surface area contributed by atoms with Gasteiger partial charge >= 0.3 is 0 Å². The number of hydrogen-bond acceptors (Lipinski definition) is 4. The van der Waals surface area contributed by atoms with Crippen LogP contribution < -0.4 is 10.6 Å². The van der Waals surface area contributed by atoms with Crippen molar-refractivity contribution in [3.05, 3.63) is 55.9 Å². The maximum atomic E-state index is 13.5. The summed E-state index contributed by atoms with van der Waals surface area (Å²) in [5, 5.41) is 8.25. The molecule has 136 valence electrons. The van der Waals surface area contributed by atoms with Gasteiger partial charge in [0.25, 0.3) is 0 Å². The first-order valence-electron chi connectivity index (χ1n) is 7.39. The summed E-state index contributed by atoms with van der Waals surface area (Å²) < 4.78 is 37.6. The van der Waals surface area contributed by atoms with E-state index in [0.717, 1.165) is 15.6 Å². The number of nitrogens with zero attached hydrogens (tertiary/aromatic N) is 1. The molecule has 0 saturated carbocycles. The zero-order valence-electron chi connectivity index (χ0n) is 13.8. The number of sulfone groups is 1. The van der Waals surface area contributed by atoms with Crippen molar-refractivity contribution in [1.29, 1.82) is 0 Å². The van der Waals surface area contributed by atoms with Gasteiger partial charge in [-0.3, -0.25) is 4.99 Å². The van der Waals surface area contributed by atoms with E-state index in [2.05, 4.69) is 31.6 Å². The predicted octanol–water partition coefficient (Wildman–Crippen LogP) is 3.06. The fourth-order valence-electron chi connectivity index (χ4n) is 2.20. The number of nitrogens with one attached hydrogen (secondary N) is 2. The fraction of sp³-hybridized carbons (Fsp3) is 0.312. The molecule has 0 aliphatic carbocycles. The van der Waals surface area contributed by atoms with Gasteiger partial charge in [0, 0.05) is 34.6 Å². The maximum absolute atomic E-state index is 13.5. The van der Waals surface area contributed by atoms with Crippen LogP contribution >= 0.6 is 27.3 Å². The average Bonchev–Trinajstić information content (AvgIpc) is 2.94. The Morgan fingerprint density at radius 2 is 1.96 bits per heavy atom. The topological polar surface area (TPSA) is 70.6 Å². The lowest BCUT2D eigenvalue weighted by molar-refractivity contribution is 0.599. The van der Waals surface area contributed by atoms with Gasteiger partial charge in [-0.1, -0.05) is 6.07 Å². The summed E-state index contributed by atoms with van der Waals surface area (Å²) in [6.07, 6.45) is 1.16. The standard InChI is InChI=1S/C16H19BrFN3O2S2/c1-19-16(21-8-15-6-13(17)9-24-15)20-7-12-5-14(18)4-3-11(12)10-25(2,22)23/h3-6,9H,7-8,10H2,1-2H3,(H2,19,20,21). The molecule has 1 aromatic carbocycles. The number of hydrogen-bond donors (Lipinski definition) is 2. The number of rotatable bonds is 6. The van der Waals surface area contributed by atoms with Crippen molar-refractivity contribution in [2.24, 2.45) is 4.99 Å². The number of aliphatic imine (C=N–C) groups is 1. The molecule has 0 unspecified atom stereocenters. The molecule has 2 aromatic rings. The first kappa shape index (κ1) is 19.9. The normalized spacial score (nSPS) is 12.2. The van der Waals surface area contributed by atoms with Crippen LogP contribution in [0.2, 0.25) is 0 Å². The van der Waals surface area contributed by atoms with E-state index >= 15 is 0 Å². The monoisotopic (exact) mass is 447 g/mol. The minimum absolute atomic E-state index is 0.125. The third-order valence-corrected chi connectivity index (χ3v) is 5.84. The molecule has 0 bridgehead atoms. The number of benzene rings is 1. The van der Waals surface area contributed by atoms with E-state index in [-0.39, 0.29) is 12.3 Å². The summed E-state index contributed by atoms with van der Waals surface area (Å²) in [6, 6.07) is 6.14. The van der Waals surface area contributed by atoms with E-state index in [4.69, 9.17) is 0 Å². The van der Waals surface area contributed by atoms with Gasteiger partial charge in [-0.15, -0.1) is 11.3 Å². The lowest BCUT2D eigenvalue weighted by Gasteiger charge is -2.14. The van der Waals surface area contributed by atoms with E-state index in [1.165, 1.54) is 18.2 Å². The van der Waals surface area contributed by atoms with Crippen LogP contribution in [-0.4, -0.2) is 27.7 Å². The summed E-state index contributed by atoms with van der Waals surface area (Å²) in [5.41, 5.74) is 1.17. The molecule has 9 heteroatoms. The first-order valence-corrected chi connectivity index (χ1v) is 11.1. The highest BCUT2D eigenvalue weighted by Crippen LogP contribution is 2.19. The Morgan fingerprint density at radius 1 is 1.24 bits per heavy atom. The molecule has 0 aliphatic rings. The summed E-state index contributed by atoms with van der Waals surface area (Å²) in [4.78, 5) is 5.26. The highest BCUT2D eigenvalue weighted by Gasteiger charge is 2.11. The minimum atomic E-state index is -3.20. The van der Waals surface area contributed by atoms with E-state index in [1.54, 1.807) is 18.4 Å². The molecule has 2 rings (SSSR count). The van der Waals surface area contributed by atoms with Gasteiger partial charge in [0.2, 0.25) is 0 Å². The molecule has 2 N–H and O–H groups in total. The van der Waals surface area contributed by atoms with Crippen molar-refractivity contribution in [3.63, 3.8) is 0 Å². The smallest absolute Gasteiger partial charge is 0.191 e. The molecular formula is C16H19BrFN3O2S2. The third kappa shape index (κ3) is 6.75. The lowest BCUT2D eigenvalue weighted by atomic mass is 10.1. The van der Waals surface area contributed by atoms with Crippen molar-refractivity contribution in [2.75, 3.05) is 13.3 Å². The molecule has 1 heterocycles. The minimum Gasteiger partial charge on any atom is -0.352 e. The molecular weight excluding hydrogens is 429 g/mol. The summed E-state index contributed by atoms with van der Waals surface area (Å²) in [7, 11) is -1.56. The summed E-state index contributed by atoms with van der Waals surface area (Å²) in [6.45, 7) is 0.881. The second kappa shape index (κ2) is 8.77. The molecule has 25 heavy (non-hydrogen) atoms. The van der Waals surface area contributed by atoms with Crippen LogP contribution in [0.5, 0.6) is 0 Å². The molecule has 0 saturated heterocycles. The van der Waals surface area contributed by atoms with Gasteiger partial charge in [0.15, 0.2) is 15.8 Å². The van der Waals surface area contributed by atoms with Gasteiger partial charge in [0.1, 0.15) is 5.82 Å². The SMILES string of the molecule is CN=C(NCc1cc(Br)cs1)NCc1cc(F)ccc1CS(C)(=O)=O. The maximum Gasteiger partial charge on any atom is 0.191 e. The van der Waals surface area contributed by atoms with Crippen LogP contribution in [0, 0.1) is 5.82 Å². The van der Waals surface area contributed by atoms with Crippen LogP contribution in [0.25, 0.3) is 0 Å². The largest absolute Gasteiger partial charge is 0.352 e. The molecule has 0 fully saturated rings. The molecule has 0 aliphatic heterocycles. The molecule has 5 nitrogen and oxygen atoms in total. The second-order valence-electron chi connectivity index (χ2n) is 5.49. The third-order valence-electron chi connectivity index (χ3n) is 3.31. The van der Waals surface area contributed by atoms with Crippen molar-refractivity contribution in [3.8, 4) is 0 Å². The molecule has 1 aromatic heterocycles. The second-order valence-corrected chi connectivity index (χ2v) is 9.55. The van der Waals surface area contributed by atoms with Crippen LogP contribution in [-0.2, 0) is 28.7 Å². The molecule has 0 atom stereocenters. The Hall–Kier alpha value is -1.45. The highest BCUT2D eigenvalue weighted by molar-refractivity contribution is 9.10. The Kier molecular flexibility index (Phi) is 6.97. The van der Waals surface area contributed by atoms with Gasteiger partial charge in [-0.05, 0) is 45.3 Å². The van der Waals surface area contributed by atoms with E-state index < -0.39 is 15.7 Å². The van der Waals surface area contributed by atoms with E-state index in [9.17, 15) is 12.8 Å². The summed E-state index contributed by atoms with van der Waals surface area (Å²) >= 11 is 5.03. The first-order chi connectivity index (χ1) is 11.8. The number of halogens is 2. The Balaban J connectivity index is 2.02. The Bertz CT molecular complexity index is 866. The zero-order chi connectivity index (χ0) is 18.4. The Labute approximate surface area is 159 Å². The molecule has 0 radical (unpaired) electrons. The predicted molar refractivity (Wildman–Crippen MR) is 104 cm³/mol. The molecule has 0 amide bonds. The van der Waals surface area contributed by atoms with E-state index in [1.807, 2.05) is 11.4 Å². The van der Waals surface area contributed by atoms with Crippen LogP contribution in [0.3, 0.4) is 0 Å². The lowest BCUT2D eigenvalue weighted by Crippen LogP contribution is -2.36. The Morgan fingerprint density at radius 3 is 2.56 bits per heavy atom. The van der Waals surface area contributed by atoms with Crippen molar-refractivity contribution < 1.29 is 12.8 Å². The van der Waals surface area contributed by atoms with Gasteiger partial charge in [-0.2, -0.15) is 0 Å². The van der Waals surface area contributed by atoms with Crippen molar-refractivity contribution >= 4 is 43.1 Å². The van der Waals surface area contributed by atoms with Crippen molar-refractivity contribution in [2.45, 2.75) is 18.8 Å². The number of thiophene rings is 1.